The Hall–Kier alpha value is -1.49. The van der Waals surface area contributed by atoms with Gasteiger partial charge >= 0.3 is 0 Å². The van der Waals surface area contributed by atoms with Crippen LogP contribution >= 0.6 is 15.9 Å². The van der Waals surface area contributed by atoms with Crippen molar-refractivity contribution in [3.63, 3.8) is 0 Å². The number of aromatic amines is 1. The summed E-state index contributed by atoms with van der Waals surface area (Å²) in [5, 5.41) is 6.67. The molecule has 0 atom stereocenters. The third-order valence-electron chi connectivity index (χ3n) is 2.29. The highest BCUT2D eigenvalue weighted by Gasteiger charge is 2.09. The molecule has 0 aliphatic rings. The number of nitrogen functional groups attached to an aromatic ring is 2. The molecule has 2 rings (SSSR count). The number of hydrogen-bond donors (Lipinski definition) is 3. The van der Waals surface area contributed by atoms with Crippen molar-refractivity contribution in [2.24, 2.45) is 0 Å². The van der Waals surface area contributed by atoms with Crippen LogP contribution < -0.4 is 11.5 Å². The second-order valence-electron chi connectivity index (χ2n) is 3.36. The van der Waals surface area contributed by atoms with Crippen molar-refractivity contribution >= 4 is 27.4 Å². The van der Waals surface area contributed by atoms with Crippen LogP contribution in [0.3, 0.4) is 0 Å². The van der Waals surface area contributed by atoms with Crippen LogP contribution in [-0.2, 0) is 0 Å². The van der Waals surface area contributed by atoms with Gasteiger partial charge in [-0.2, -0.15) is 5.10 Å². The lowest BCUT2D eigenvalue weighted by molar-refractivity contribution is 1.10. The van der Waals surface area contributed by atoms with E-state index in [1.807, 2.05) is 25.1 Å². The molecular formula is C10H11BrN4. The summed E-state index contributed by atoms with van der Waals surface area (Å²) >= 11 is 3.47. The average Bonchev–Trinajstić information content (AvgIpc) is 2.53. The third-order valence-corrected chi connectivity index (χ3v) is 3.15. The van der Waals surface area contributed by atoms with Crippen LogP contribution in [0.5, 0.6) is 0 Å². The molecule has 78 valence electrons. The molecule has 0 bridgehead atoms. The number of nitrogens with two attached hydrogens (primary N) is 2. The number of rotatable bonds is 1. The van der Waals surface area contributed by atoms with Crippen molar-refractivity contribution in [2.75, 3.05) is 11.5 Å². The number of halogens is 1. The fourth-order valence-corrected chi connectivity index (χ4v) is 1.71. The van der Waals surface area contributed by atoms with Crippen molar-refractivity contribution in [3.8, 4) is 11.3 Å². The van der Waals surface area contributed by atoms with E-state index in [0.717, 1.165) is 15.7 Å². The van der Waals surface area contributed by atoms with E-state index in [-0.39, 0.29) is 0 Å². The molecule has 0 saturated carbocycles. The Morgan fingerprint density at radius 1 is 1.33 bits per heavy atom. The summed E-state index contributed by atoms with van der Waals surface area (Å²) in [5.41, 5.74) is 14.7. The van der Waals surface area contributed by atoms with Crippen LogP contribution in [0.1, 0.15) is 5.56 Å². The van der Waals surface area contributed by atoms with E-state index in [9.17, 15) is 0 Å². The molecule has 0 saturated heterocycles. The largest absolute Gasteiger partial charge is 0.394 e. The lowest BCUT2D eigenvalue weighted by Gasteiger charge is -2.02. The fraction of sp³-hybridized carbons (Fsp3) is 0.100. The zero-order valence-electron chi connectivity index (χ0n) is 8.21. The van der Waals surface area contributed by atoms with Crippen molar-refractivity contribution in [1.29, 1.82) is 0 Å². The zero-order valence-corrected chi connectivity index (χ0v) is 9.80. The van der Waals surface area contributed by atoms with Crippen LogP contribution in [0.2, 0.25) is 0 Å². The first-order valence-corrected chi connectivity index (χ1v) is 5.24. The SMILES string of the molecule is Cc1ccc(-c2[nH]nc(N)c2N)cc1Br. The number of aromatic nitrogens is 2. The van der Waals surface area contributed by atoms with Gasteiger partial charge in [0.15, 0.2) is 5.82 Å². The standard InChI is InChI=1S/C10H11BrN4/c1-5-2-3-6(4-7(5)11)9-8(12)10(13)15-14-9/h2-4H,12H2,1H3,(H3,13,14,15). The lowest BCUT2D eigenvalue weighted by Crippen LogP contribution is -1.92. The second-order valence-corrected chi connectivity index (χ2v) is 4.22. The minimum atomic E-state index is 0.335. The first-order valence-electron chi connectivity index (χ1n) is 4.45. The maximum absolute atomic E-state index is 5.79. The Morgan fingerprint density at radius 2 is 2.07 bits per heavy atom. The molecule has 1 aromatic heterocycles. The average molecular weight is 267 g/mol. The topological polar surface area (TPSA) is 80.7 Å². The van der Waals surface area contributed by atoms with Gasteiger partial charge in [0.2, 0.25) is 0 Å². The molecule has 0 aliphatic carbocycles. The molecule has 0 radical (unpaired) electrons. The van der Waals surface area contributed by atoms with E-state index in [1.54, 1.807) is 0 Å². The number of nitrogens with one attached hydrogen (secondary N) is 1. The highest BCUT2D eigenvalue weighted by molar-refractivity contribution is 9.10. The van der Waals surface area contributed by atoms with E-state index >= 15 is 0 Å². The summed E-state index contributed by atoms with van der Waals surface area (Å²) in [6.45, 7) is 2.03. The van der Waals surface area contributed by atoms with Gasteiger partial charge in [-0.3, -0.25) is 5.10 Å². The normalized spacial score (nSPS) is 10.5. The number of hydrogen-bond acceptors (Lipinski definition) is 3. The Bertz CT molecular complexity index is 504. The molecule has 1 aromatic carbocycles. The molecule has 0 amide bonds. The van der Waals surface area contributed by atoms with E-state index in [4.69, 9.17) is 11.5 Å². The van der Waals surface area contributed by atoms with Crippen molar-refractivity contribution in [3.05, 3.63) is 28.2 Å². The van der Waals surface area contributed by atoms with Gasteiger partial charge in [-0.05, 0) is 18.6 Å². The molecule has 1 heterocycles. The second kappa shape index (κ2) is 3.58. The summed E-state index contributed by atoms with van der Waals surface area (Å²) < 4.78 is 1.03. The molecule has 0 aliphatic heterocycles. The zero-order chi connectivity index (χ0) is 11.0. The van der Waals surface area contributed by atoms with Gasteiger partial charge in [0, 0.05) is 10.0 Å². The summed E-state index contributed by atoms with van der Waals surface area (Å²) in [4.78, 5) is 0. The number of benzene rings is 1. The summed E-state index contributed by atoms with van der Waals surface area (Å²) in [6, 6.07) is 5.97. The highest BCUT2D eigenvalue weighted by Crippen LogP contribution is 2.30. The Labute approximate surface area is 95.8 Å². The number of anilines is 2. The van der Waals surface area contributed by atoms with Crippen LogP contribution in [-0.4, -0.2) is 10.2 Å². The molecular weight excluding hydrogens is 256 g/mol. The first kappa shape index (κ1) is 10.0. The molecule has 0 spiro atoms. The van der Waals surface area contributed by atoms with Crippen LogP contribution in [0.15, 0.2) is 22.7 Å². The van der Waals surface area contributed by atoms with Gasteiger partial charge in [-0.1, -0.05) is 28.1 Å². The number of aryl methyl sites for hydroxylation is 1. The van der Waals surface area contributed by atoms with Gasteiger partial charge in [0.1, 0.15) is 5.69 Å². The van der Waals surface area contributed by atoms with E-state index < -0.39 is 0 Å². The van der Waals surface area contributed by atoms with E-state index in [1.165, 1.54) is 5.56 Å². The Balaban J connectivity index is 2.55. The fourth-order valence-electron chi connectivity index (χ4n) is 1.33. The highest BCUT2D eigenvalue weighted by atomic mass is 79.9. The molecule has 4 nitrogen and oxygen atoms in total. The van der Waals surface area contributed by atoms with Crippen LogP contribution in [0.25, 0.3) is 11.3 Å². The van der Waals surface area contributed by atoms with Crippen LogP contribution in [0, 0.1) is 6.92 Å². The number of H-pyrrole nitrogens is 1. The summed E-state index contributed by atoms with van der Waals surface area (Å²) in [5.74, 6) is 0.335. The Kier molecular flexibility index (Phi) is 2.40. The molecule has 5 N–H and O–H groups in total. The van der Waals surface area contributed by atoms with Crippen LogP contribution in [0.4, 0.5) is 11.5 Å². The van der Waals surface area contributed by atoms with Gasteiger partial charge < -0.3 is 11.5 Å². The first-order chi connectivity index (χ1) is 7.09. The maximum atomic E-state index is 5.79. The lowest BCUT2D eigenvalue weighted by atomic mass is 10.1. The summed E-state index contributed by atoms with van der Waals surface area (Å²) in [6.07, 6.45) is 0. The quantitative estimate of drug-likeness (QED) is 0.741. The molecule has 2 aromatic rings. The van der Waals surface area contributed by atoms with Gasteiger partial charge in [-0.25, -0.2) is 0 Å². The minimum Gasteiger partial charge on any atom is -0.394 e. The Morgan fingerprint density at radius 3 is 2.60 bits per heavy atom. The molecule has 15 heavy (non-hydrogen) atoms. The molecule has 0 unspecified atom stereocenters. The summed E-state index contributed by atoms with van der Waals surface area (Å²) in [7, 11) is 0. The van der Waals surface area contributed by atoms with E-state index in [0.29, 0.717) is 11.5 Å². The van der Waals surface area contributed by atoms with Crippen molar-refractivity contribution in [2.45, 2.75) is 6.92 Å². The predicted octanol–water partition coefficient (Wildman–Crippen LogP) is 2.31. The smallest absolute Gasteiger partial charge is 0.169 e. The van der Waals surface area contributed by atoms with Gasteiger partial charge in [0.05, 0.1) is 5.69 Å². The maximum Gasteiger partial charge on any atom is 0.169 e. The van der Waals surface area contributed by atoms with Gasteiger partial charge in [-0.15, -0.1) is 0 Å². The third kappa shape index (κ3) is 1.70. The predicted molar refractivity (Wildman–Crippen MR) is 65.3 cm³/mol. The van der Waals surface area contributed by atoms with Crippen molar-refractivity contribution < 1.29 is 0 Å². The van der Waals surface area contributed by atoms with Crippen molar-refractivity contribution in [1.82, 2.24) is 10.2 Å². The molecule has 5 heteroatoms. The monoisotopic (exact) mass is 266 g/mol. The number of nitrogens with zero attached hydrogens (tertiary/aromatic N) is 1. The minimum absolute atomic E-state index is 0.335. The molecule has 0 fully saturated rings. The van der Waals surface area contributed by atoms with Gasteiger partial charge in [0.25, 0.3) is 0 Å². The van der Waals surface area contributed by atoms with E-state index in [2.05, 4.69) is 26.1 Å².